The van der Waals surface area contributed by atoms with Gasteiger partial charge in [0.1, 0.15) is 11.7 Å². The van der Waals surface area contributed by atoms with E-state index in [2.05, 4.69) is 4.74 Å². The Hall–Kier alpha value is -1.76. The van der Waals surface area contributed by atoms with Crippen LogP contribution in [0.1, 0.15) is 50.5 Å². The van der Waals surface area contributed by atoms with Gasteiger partial charge in [0.05, 0.1) is 6.10 Å². The van der Waals surface area contributed by atoms with Gasteiger partial charge < -0.3 is 14.9 Å². The maximum Gasteiger partial charge on any atom is 0.573 e. The molecular formula is C16H21F3O4. The number of carboxylic acid groups (broad SMARTS) is 1. The average molecular weight is 334 g/mol. The third-order valence-corrected chi connectivity index (χ3v) is 3.46. The zero-order chi connectivity index (χ0) is 17.5. The molecule has 2 N–H and O–H groups in total. The predicted molar refractivity (Wildman–Crippen MR) is 78.3 cm³/mol. The van der Waals surface area contributed by atoms with E-state index in [4.69, 9.17) is 0 Å². The van der Waals surface area contributed by atoms with Gasteiger partial charge in [0.15, 0.2) is 0 Å². The molecule has 0 saturated heterocycles. The summed E-state index contributed by atoms with van der Waals surface area (Å²) < 4.78 is 40.5. The van der Waals surface area contributed by atoms with E-state index in [1.807, 2.05) is 6.92 Å². The molecular weight excluding hydrogens is 313 g/mol. The van der Waals surface area contributed by atoms with Crippen LogP contribution in [0.15, 0.2) is 24.3 Å². The summed E-state index contributed by atoms with van der Waals surface area (Å²) in [5, 5.41) is 19.4. The fourth-order valence-electron chi connectivity index (χ4n) is 2.38. The Bertz CT molecular complexity index is 502. The number of aliphatic carboxylic acids is 1. The van der Waals surface area contributed by atoms with E-state index < -0.39 is 30.1 Å². The van der Waals surface area contributed by atoms with E-state index in [9.17, 15) is 28.2 Å². The molecule has 4 nitrogen and oxygen atoms in total. The first-order chi connectivity index (χ1) is 10.7. The fourth-order valence-corrected chi connectivity index (χ4v) is 2.38. The third kappa shape index (κ3) is 6.90. The molecule has 0 aliphatic heterocycles. The quantitative estimate of drug-likeness (QED) is 0.668. The fraction of sp³-hybridized carbons (Fsp3) is 0.562. The average Bonchev–Trinajstić information content (AvgIpc) is 2.42. The highest BCUT2D eigenvalue weighted by Crippen LogP contribution is 2.29. The Labute approximate surface area is 132 Å². The molecule has 0 spiro atoms. The maximum absolute atomic E-state index is 12.2. The lowest BCUT2D eigenvalue weighted by Crippen LogP contribution is -2.26. The summed E-state index contributed by atoms with van der Waals surface area (Å²) >= 11 is 0. The minimum Gasteiger partial charge on any atom is -0.481 e. The lowest BCUT2D eigenvalue weighted by atomic mass is 9.90. The molecule has 0 aromatic heterocycles. The highest BCUT2D eigenvalue weighted by molar-refractivity contribution is 5.77. The molecule has 0 amide bonds. The summed E-state index contributed by atoms with van der Waals surface area (Å²) in [5.41, 5.74) is 0.0854. The Kier molecular flexibility index (Phi) is 7.35. The van der Waals surface area contributed by atoms with Crippen LogP contribution in [0.4, 0.5) is 13.2 Å². The molecule has 23 heavy (non-hydrogen) atoms. The standard InChI is InChI=1S/C16H21F3O4/c1-2-3-4-5-9-13(20)14(15(21)22)11-7-6-8-12(10-11)23-16(17,18)19/h6-8,10,13-14,20H,2-5,9H2,1H3,(H,21,22)/t13?,14-/m1/s1. The number of benzene rings is 1. The van der Waals surface area contributed by atoms with E-state index in [0.29, 0.717) is 6.42 Å². The number of ether oxygens (including phenoxy) is 1. The number of hydrogen-bond acceptors (Lipinski definition) is 3. The van der Waals surface area contributed by atoms with Gasteiger partial charge in [-0.1, -0.05) is 44.7 Å². The van der Waals surface area contributed by atoms with Crippen LogP contribution in [0.25, 0.3) is 0 Å². The first-order valence-corrected chi connectivity index (χ1v) is 7.51. The van der Waals surface area contributed by atoms with Crippen molar-refractivity contribution >= 4 is 5.97 Å². The molecule has 1 unspecified atom stereocenters. The maximum atomic E-state index is 12.2. The highest BCUT2D eigenvalue weighted by Gasteiger charge is 2.32. The molecule has 0 saturated carbocycles. The van der Waals surface area contributed by atoms with Crippen molar-refractivity contribution in [2.45, 2.75) is 57.4 Å². The predicted octanol–water partition coefficient (Wildman–Crippen LogP) is 4.08. The summed E-state index contributed by atoms with van der Waals surface area (Å²) in [6, 6.07) is 4.73. The number of carboxylic acids is 1. The van der Waals surface area contributed by atoms with Crippen molar-refractivity contribution in [2.24, 2.45) is 0 Å². The topological polar surface area (TPSA) is 66.8 Å². The van der Waals surface area contributed by atoms with Gasteiger partial charge in [-0.3, -0.25) is 4.79 Å². The SMILES string of the molecule is CCCCCCC(O)[C@H](C(=O)O)c1cccc(OC(F)(F)F)c1. The first kappa shape index (κ1) is 19.3. The first-order valence-electron chi connectivity index (χ1n) is 7.51. The number of unbranched alkanes of at least 4 members (excludes halogenated alkanes) is 3. The van der Waals surface area contributed by atoms with Crippen LogP contribution in [0.2, 0.25) is 0 Å². The van der Waals surface area contributed by atoms with Gasteiger partial charge in [0.2, 0.25) is 0 Å². The Morgan fingerprint density at radius 3 is 2.52 bits per heavy atom. The molecule has 0 radical (unpaired) electrons. The van der Waals surface area contributed by atoms with Crippen molar-refractivity contribution in [1.82, 2.24) is 0 Å². The number of hydrogen-bond donors (Lipinski definition) is 2. The second kappa shape index (κ2) is 8.76. The summed E-state index contributed by atoms with van der Waals surface area (Å²) in [5.74, 6) is -3.06. The molecule has 0 fully saturated rings. The van der Waals surface area contributed by atoms with Crippen molar-refractivity contribution in [3.05, 3.63) is 29.8 Å². The molecule has 0 heterocycles. The van der Waals surface area contributed by atoms with Crippen molar-refractivity contribution in [3.8, 4) is 5.75 Å². The van der Waals surface area contributed by atoms with Crippen LogP contribution in [0, 0.1) is 0 Å². The molecule has 130 valence electrons. The van der Waals surface area contributed by atoms with E-state index in [1.165, 1.54) is 12.1 Å². The number of aliphatic hydroxyl groups is 1. The summed E-state index contributed by atoms with van der Waals surface area (Å²) in [4.78, 5) is 11.4. The number of alkyl halides is 3. The summed E-state index contributed by atoms with van der Waals surface area (Å²) in [7, 11) is 0. The Morgan fingerprint density at radius 2 is 1.96 bits per heavy atom. The Morgan fingerprint density at radius 1 is 1.26 bits per heavy atom. The van der Waals surface area contributed by atoms with Crippen LogP contribution in [0.3, 0.4) is 0 Å². The Balaban J connectivity index is 2.84. The number of rotatable bonds is 9. The monoisotopic (exact) mass is 334 g/mol. The number of aliphatic hydroxyl groups excluding tert-OH is 1. The van der Waals surface area contributed by atoms with Crippen molar-refractivity contribution < 1.29 is 32.9 Å². The van der Waals surface area contributed by atoms with Gasteiger partial charge in [-0.2, -0.15) is 0 Å². The zero-order valence-corrected chi connectivity index (χ0v) is 12.8. The molecule has 2 atom stereocenters. The molecule has 7 heteroatoms. The van der Waals surface area contributed by atoms with Crippen LogP contribution >= 0.6 is 0 Å². The number of carbonyl (C=O) groups is 1. The van der Waals surface area contributed by atoms with E-state index in [1.54, 1.807) is 0 Å². The zero-order valence-electron chi connectivity index (χ0n) is 12.8. The molecule has 1 rings (SSSR count). The molecule has 1 aromatic carbocycles. The highest BCUT2D eigenvalue weighted by atomic mass is 19.4. The lowest BCUT2D eigenvalue weighted by molar-refractivity contribution is -0.274. The van der Waals surface area contributed by atoms with Crippen molar-refractivity contribution in [1.29, 1.82) is 0 Å². The minimum absolute atomic E-state index is 0.0854. The molecule has 0 aliphatic rings. The number of halogens is 3. The molecule has 0 aliphatic carbocycles. The molecule has 0 bridgehead atoms. The van der Waals surface area contributed by atoms with Crippen LogP contribution in [-0.2, 0) is 4.79 Å². The van der Waals surface area contributed by atoms with E-state index >= 15 is 0 Å². The van der Waals surface area contributed by atoms with Crippen LogP contribution < -0.4 is 4.74 Å². The van der Waals surface area contributed by atoms with Gasteiger partial charge in [0.25, 0.3) is 0 Å². The van der Waals surface area contributed by atoms with Gasteiger partial charge in [-0.05, 0) is 24.1 Å². The summed E-state index contributed by atoms with van der Waals surface area (Å²) in [6.45, 7) is 2.03. The van der Waals surface area contributed by atoms with E-state index in [0.717, 1.165) is 31.4 Å². The summed E-state index contributed by atoms with van der Waals surface area (Å²) in [6.07, 6.45) is -2.20. The molecule has 1 aromatic rings. The van der Waals surface area contributed by atoms with Gasteiger partial charge in [0, 0.05) is 0 Å². The second-order valence-corrected chi connectivity index (χ2v) is 5.35. The van der Waals surface area contributed by atoms with E-state index in [-0.39, 0.29) is 12.0 Å². The van der Waals surface area contributed by atoms with Crippen LogP contribution in [0.5, 0.6) is 5.75 Å². The van der Waals surface area contributed by atoms with Gasteiger partial charge >= 0.3 is 12.3 Å². The van der Waals surface area contributed by atoms with Gasteiger partial charge in [-0.25, -0.2) is 0 Å². The van der Waals surface area contributed by atoms with Crippen molar-refractivity contribution in [2.75, 3.05) is 0 Å². The van der Waals surface area contributed by atoms with Crippen molar-refractivity contribution in [3.63, 3.8) is 0 Å². The third-order valence-electron chi connectivity index (χ3n) is 3.46. The lowest BCUT2D eigenvalue weighted by Gasteiger charge is -2.20. The largest absolute Gasteiger partial charge is 0.573 e. The smallest absolute Gasteiger partial charge is 0.481 e. The second-order valence-electron chi connectivity index (χ2n) is 5.35. The minimum atomic E-state index is -4.85. The normalized spacial score (nSPS) is 14.3. The van der Waals surface area contributed by atoms with Gasteiger partial charge in [-0.15, -0.1) is 13.2 Å². The van der Waals surface area contributed by atoms with Crippen LogP contribution in [-0.4, -0.2) is 28.6 Å².